The van der Waals surface area contributed by atoms with Crippen LogP contribution in [0.5, 0.6) is 0 Å². The Morgan fingerprint density at radius 3 is 2.60 bits per heavy atom. The molecule has 0 spiro atoms. The molecule has 0 saturated carbocycles. The third-order valence-corrected chi connectivity index (χ3v) is 4.13. The van der Waals surface area contributed by atoms with Gasteiger partial charge >= 0.3 is 0 Å². The molecule has 0 aliphatic rings. The topological polar surface area (TPSA) is 66.4 Å². The van der Waals surface area contributed by atoms with Gasteiger partial charge in [0.15, 0.2) is 0 Å². The van der Waals surface area contributed by atoms with E-state index in [1.807, 2.05) is 0 Å². The van der Waals surface area contributed by atoms with Gasteiger partial charge in [-0.15, -0.1) is 0 Å². The number of hydrogen-bond acceptors (Lipinski definition) is 3. The van der Waals surface area contributed by atoms with Gasteiger partial charge < -0.3 is 5.11 Å². The lowest BCUT2D eigenvalue weighted by Gasteiger charge is -2.09. The summed E-state index contributed by atoms with van der Waals surface area (Å²) in [6, 6.07) is 6.52. The Morgan fingerprint density at radius 2 is 2.07 bits per heavy atom. The molecule has 0 aliphatic carbocycles. The van der Waals surface area contributed by atoms with Crippen LogP contribution < -0.4 is 4.72 Å². The van der Waals surface area contributed by atoms with Gasteiger partial charge in [-0.2, -0.15) is 0 Å². The SMILES string of the molecule is CC(O)CNS(=O)(=O)c1ccccc1Br. The molecule has 0 radical (unpaired) electrons. The van der Waals surface area contributed by atoms with Crippen molar-refractivity contribution in [3.05, 3.63) is 28.7 Å². The van der Waals surface area contributed by atoms with Crippen molar-refractivity contribution in [2.24, 2.45) is 0 Å². The molecule has 0 aliphatic heterocycles. The number of hydrogen-bond donors (Lipinski definition) is 2. The quantitative estimate of drug-likeness (QED) is 0.874. The molecule has 0 saturated heterocycles. The summed E-state index contributed by atoms with van der Waals surface area (Å²) in [5.74, 6) is 0. The molecule has 6 heteroatoms. The van der Waals surface area contributed by atoms with Crippen molar-refractivity contribution in [3.63, 3.8) is 0 Å². The Bertz CT molecular complexity index is 431. The van der Waals surface area contributed by atoms with Crippen molar-refractivity contribution < 1.29 is 13.5 Å². The standard InChI is InChI=1S/C9H12BrNO3S/c1-7(12)6-11-15(13,14)9-5-3-2-4-8(9)10/h2-5,7,11-12H,6H2,1H3. The van der Waals surface area contributed by atoms with E-state index in [1.165, 1.54) is 13.0 Å². The molecule has 1 aromatic rings. The Hall–Kier alpha value is -0.430. The highest BCUT2D eigenvalue weighted by Gasteiger charge is 2.16. The molecule has 0 bridgehead atoms. The van der Waals surface area contributed by atoms with E-state index >= 15 is 0 Å². The van der Waals surface area contributed by atoms with Crippen molar-refractivity contribution in [1.82, 2.24) is 4.72 Å². The maximum atomic E-state index is 11.7. The fraction of sp³-hybridized carbons (Fsp3) is 0.333. The molecular weight excluding hydrogens is 282 g/mol. The molecule has 1 rings (SSSR count). The first-order valence-electron chi connectivity index (χ1n) is 4.36. The van der Waals surface area contributed by atoms with Crippen molar-refractivity contribution >= 4 is 26.0 Å². The van der Waals surface area contributed by atoms with Crippen molar-refractivity contribution in [2.45, 2.75) is 17.9 Å². The van der Waals surface area contributed by atoms with Gasteiger partial charge in [0.25, 0.3) is 0 Å². The van der Waals surface area contributed by atoms with Gasteiger partial charge in [-0.05, 0) is 35.0 Å². The Labute approximate surface area is 97.5 Å². The van der Waals surface area contributed by atoms with Crippen LogP contribution in [0.2, 0.25) is 0 Å². The highest BCUT2D eigenvalue weighted by Crippen LogP contribution is 2.20. The van der Waals surface area contributed by atoms with E-state index in [0.717, 1.165) is 0 Å². The van der Waals surface area contributed by atoms with E-state index in [1.54, 1.807) is 18.2 Å². The number of benzene rings is 1. The highest BCUT2D eigenvalue weighted by molar-refractivity contribution is 9.10. The number of rotatable bonds is 4. The fourth-order valence-corrected chi connectivity index (χ4v) is 3.09. The van der Waals surface area contributed by atoms with Crippen LogP contribution in [0.3, 0.4) is 0 Å². The number of aliphatic hydroxyl groups is 1. The molecule has 0 heterocycles. The summed E-state index contributed by atoms with van der Waals surface area (Å²) in [5, 5.41) is 8.99. The summed E-state index contributed by atoms with van der Waals surface area (Å²) in [7, 11) is -3.54. The smallest absolute Gasteiger partial charge is 0.241 e. The molecule has 0 aromatic heterocycles. The first kappa shape index (κ1) is 12.6. The second-order valence-corrected chi connectivity index (χ2v) is 5.72. The first-order valence-corrected chi connectivity index (χ1v) is 6.63. The second-order valence-electron chi connectivity index (χ2n) is 3.13. The Balaban J connectivity index is 2.92. The van der Waals surface area contributed by atoms with E-state index in [9.17, 15) is 8.42 Å². The van der Waals surface area contributed by atoms with Crippen molar-refractivity contribution in [2.75, 3.05) is 6.54 Å². The van der Waals surface area contributed by atoms with Gasteiger partial charge in [0, 0.05) is 11.0 Å². The predicted molar refractivity (Wildman–Crippen MR) is 61.0 cm³/mol. The summed E-state index contributed by atoms with van der Waals surface area (Å²) >= 11 is 3.16. The Morgan fingerprint density at radius 1 is 1.47 bits per heavy atom. The average Bonchev–Trinajstić information content (AvgIpc) is 2.15. The lowest BCUT2D eigenvalue weighted by atomic mass is 10.4. The lowest BCUT2D eigenvalue weighted by Crippen LogP contribution is -2.30. The van der Waals surface area contributed by atoms with E-state index in [2.05, 4.69) is 20.7 Å². The van der Waals surface area contributed by atoms with Crippen LogP contribution in [0.15, 0.2) is 33.6 Å². The van der Waals surface area contributed by atoms with Gasteiger partial charge in [0.1, 0.15) is 0 Å². The van der Waals surface area contributed by atoms with E-state index in [4.69, 9.17) is 5.11 Å². The summed E-state index contributed by atoms with van der Waals surface area (Å²) in [5.41, 5.74) is 0. The predicted octanol–water partition coefficient (Wildman–Crippen LogP) is 1.11. The van der Waals surface area contributed by atoms with Crippen LogP contribution in [0.1, 0.15) is 6.92 Å². The number of nitrogens with one attached hydrogen (secondary N) is 1. The molecule has 15 heavy (non-hydrogen) atoms. The molecule has 1 atom stereocenters. The van der Waals surface area contributed by atoms with Gasteiger partial charge in [-0.1, -0.05) is 12.1 Å². The summed E-state index contributed by atoms with van der Waals surface area (Å²) in [6.07, 6.45) is -0.706. The minimum Gasteiger partial charge on any atom is -0.392 e. The minimum absolute atomic E-state index is 0.00364. The van der Waals surface area contributed by atoms with E-state index in [-0.39, 0.29) is 11.4 Å². The molecule has 84 valence electrons. The van der Waals surface area contributed by atoms with Crippen LogP contribution in [0.4, 0.5) is 0 Å². The molecule has 2 N–H and O–H groups in total. The Kier molecular flexibility index (Phi) is 4.27. The third kappa shape index (κ3) is 3.57. The summed E-state index contributed by atoms with van der Waals surface area (Å²) in [4.78, 5) is 0.172. The maximum absolute atomic E-state index is 11.7. The molecular formula is C9H12BrNO3S. The zero-order valence-electron chi connectivity index (χ0n) is 8.14. The highest BCUT2D eigenvalue weighted by atomic mass is 79.9. The molecule has 1 aromatic carbocycles. The summed E-state index contributed by atoms with van der Waals surface area (Å²) < 4.78 is 26.2. The average molecular weight is 294 g/mol. The maximum Gasteiger partial charge on any atom is 0.241 e. The molecule has 1 unspecified atom stereocenters. The van der Waals surface area contributed by atoms with Gasteiger partial charge in [0.2, 0.25) is 10.0 Å². The molecule has 0 fully saturated rings. The molecule has 4 nitrogen and oxygen atoms in total. The zero-order chi connectivity index (χ0) is 11.5. The van der Waals surface area contributed by atoms with Crippen molar-refractivity contribution in [1.29, 1.82) is 0 Å². The minimum atomic E-state index is -3.54. The second kappa shape index (κ2) is 5.07. The van der Waals surface area contributed by atoms with Gasteiger partial charge in [0.05, 0.1) is 11.0 Å². The van der Waals surface area contributed by atoms with Crippen LogP contribution in [0, 0.1) is 0 Å². The number of halogens is 1. The fourth-order valence-electron chi connectivity index (χ4n) is 0.971. The van der Waals surface area contributed by atoms with Crippen LogP contribution >= 0.6 is 15.9 Å². The summed E-state index contributed by atoms with van der Waals surface area (Å²) in [6.45, 7) is 1.52. The molecule has 0 amide bonds. The van der Waals surface area contributed by atoms with Crippen LogP contribution in [0.25, 0.3) is 0 Å². The third-order valence-electron chi connectivity index (χ3n) is 1.69. The first-order chi connectivity index (χ1) is 6.93. The number of aliphatic hydroxyl groups excluding tert-OH is 1. The monoisotopic (exact) mass is 293 g/mol. The van der Waals surface area contributed by atoms with Crippen molar-refractivity contribution in [3.8, 4) is 0 Å². The van der Waals surface area contributed by atoms with E-state index in [0.29, 0.717) is 4.47 Å². The van der Waals surface area contributed by atoms with Crippen LogP contribution in [-0.4, -0.2) is 26.2 Å². The normalized spacial score (nSPS) is 13.8. The van der Waals surface area contributed by atoms with Gasteiger partial charge in [-0.3, -0.25) is 0 Å². The lowest BCUT2D eigenvalue weighted by molar-refractivity contribution is 0.198. The van der Waals surface area contributed by atoms with E-state index < -0.39 is 16.1 Å². The van der Waals surface area contributed by atoms with Gasteiger partial charge in [-0.25, -0.2) is 13.1 Å². The zero-order valence-corrected chi connectivity index (χ0v) is 10.5. The number of sulfonamides is 1. The largest absolute Gasteiger partial charge is 0.392 e. The van der Waals surface area contributed by atoms with Crippen LogP contribution in [-0.2, 0) is 10.0 Å².